The molecule has 0 unspecified atom stereocenters. The Labute approximate surface area is 98.4 Å². The van der Waals surface area contributed by atoms with E-state index in [1.807, 2.05) is 0 Å². The van der Waals surface area contributed by atoms with Gasteiger partial charge in [-0.3, -0.25) is 10.3 Å². The van der Waals surface area contributed by atoms with E-state index in [9.17, 15) is 0 Å². The molecular formula is C11H25N3O2. The minimum Gasteiger partial charge on any atom is -0.388 e. The summed E-state index contributed by atoms with van der Waals surface area (Å²) in [5.41, 5.74) is 5.34. The zero-order valence-corrected chi connectivity index (χ0v) is 10.7. The fourth-order valence-corrected chi connectivity index (χ4v) is 1.32. The summed E-state index contributed by atoms with van der Waals surface area (Å²) in [6.45, 7) is 7.92. The Balaban J connectivity index is 3.64. The minimum atomic E-state index is 0.242. The van der Waals surface area contributed by atoms with E-state index in [-0.39, 0.29) is 5.84 Å². The fourth-order valence-electron chi connectivity index (χ4n) is 1.32. The van der Waals surface area contributed by atoms with Gasteiger partial charge < -0.3 is 15.2 Å². The SMILES string of the molecule is COCCOCCN(CCC(=N)N)C(C)C. The quantitative estimate of drug-likeness (QED) is 0.329. The highest BCUT2D eigenvalue weighted by molar-refractivity contribution is 5.76. The van der Waals surface area contributed by atoms with Crippen molar-refractivity contribution in [3.8, 4) is 0 Å². The summed E-state index contributed by atoms with van der Waals surface area (Å²) in [4.78, 5) is 2.26. The molecule has 0 saturated carbocycles. The van der Waals surface area contributed by atoms with Crippen LogP contribution in [0.2, 0.25) is 0 Å². The van der Waals surface area contributed by atoms with Crippen molar-refractivity contribution in [1.82, 2.24) is 4.90 Å². The zero-order chi connectivity index (χ0) is 12.4. The van der Waals surface area contributed by atoms with Crippen LogP contribution in [0.3, 0.4) is 0 Å². The minimum absolute atomic E-state index is 0.242. The molecule has 0 spiro atoms. The molecule has 0 heterocycles. The zero-order valence-electron chi connectivity index (χ0n) is 10.7. The summed E-state index contributed by atoms with van der Waals surface area (Å²) >= 11 is 0. The van der Waals surface area contributed by atoms with Gasteiger partial charge in [-0.05, 0) is 13.8 Å². The van der Waals surface area contributed by atoms with Crippen molar-refractivity contribution in [2.24, 2.45) is 5.73 Å². The van der Waals surface area contributed by atoms with Gasteiger partial charge in [0.15, 0.2) is 0 Å². The maximum absolute atomic E-state index is 7.20. The molecule has 0 radical (unpaired) electrons. The number of amidine groups is 1. The number of methoxy groups -OCH3 is 1. The number of nitrogens with one attached hydrogen (secondary N) is 1. The van der Waals surface area contributed by atoms with E-state index in [2.05, 4.69) is 18.7 Å². The Hall–Kier alpha value is -0.650. The van der Waals surface area contributed by atoms with Crippen molar-refractivity contribution < 1.29 is 9.47 Å². The molecule has 3 N–H and O–H groups in total. The maximum Gasteiger partial charge on any atom is 0.0918 e. The molecule has 0 atom stereocenters. The lowest BCUT2D eigenvalue weighted by atomic mass is 10.3. The molecular weight excluding hydrogens is 206 g/mol. The number of rotatable bonds is 10. The van der Waals surface area contributed by atoms with Crippen LogP contribution < -0.4 is 5.73 Å². The first-order valence-corrected chi connectivity index (χ1v) is 5.71. The Bertz CT molecular complexity index is 186. The molecule has 96 valence electrons. The van der Waals surface area contributed by atoms with Crippen LogP contribution in [0.4, 0.5) is 0 Å². The van der Waals surface area contributed by atoms with Gasteiger partial charge in [-0.25, -0.2) is 0 Å². The van der Waals surface area contributed by atoms with Crippen LogP contribution in [0.1, 0.15) is 20.3 Å². The van der Waals surface area contributed by atoms with Crippen molar-refractivity contribution in [3.63, 3.8) is 0 Å². The monoisotopic (exact) mass is 231 g/mol. The largest absolute Gasteiger partial charge is 0.388 e. The van der Waals surface area contributed by atoms with Crippen molar-refractivity contribution in [2.75, 3.05) is 40.0 Å². The van der Waals surface area contributed by atoms with Gasteiger partial charge >= 0.3 is 0 Å². The molecule has 0 rings (SSSR count). The smallest absolute Gasteiger partial charge is 0.0918 e. The summed E-state index contributed by atoms with van der Waals surface area (Å²) in [7, 11) is 1.66. The Kier molecular flexibility index (Phi) is 9.18. The molecule has 0 aromatic rings. The molecule has 5 nitrogen and oxygen atoms in total. The number of nitrogens with two attached hydrogens (primary N) is 1. The molecule has 0 fully saturated rings. The Morgan fingerprint density at radius 2 is 1.94 bits per heavy atom. The third-order valence-corrected chi connectivity index (χ3v) is 2.35. The molecule has 0 amide bonds. The molecule has 0 saturated heterocycles. The van der Waals surface area contributed by atoms with Crippen molar-refractivity contribution >= 4 is 5.84 Å². The topological polar surface area (TPSA) is 71.6 Å². The Morgan fingerprint density at radius 3 is 2.44 bits per heavy atom. The second kappa shape index (κ2) is 9.57. The molecule has 0 aromatic carbocycles. The van der Waals surface area contributed by atoms with Gasteiger partial charge in [-0.2, -0.15) is 0 Å². The highest BCUT2D eigenvalue weighted by atomic mass is 16.5. The van der Waals surface area contributed by atoms with Gasteiger partial charge in [0.25, 0.3) is 0 Å². The lowest BCUT2D eigenvalue weighted by molar-refractivity contribution is 0.0527. The first-order valence-electron chi connectivity index (χ1n) is 5.71. The Morgan fingerprint density at radius 1 is 1.25 bits per heavy atom. The van der Waals surface area contributed by atoms with Crippen molar-refractivity contribution in [3.05, 3.63) is 0 Å². The van der Waals surface area contributed by atoms with Crippen molar-refractivity contribution in [1.29, 1.82) is 5.41 Å². The second-order valence-electron chi connectivity index (χ2n) is 4.01. The van der Waals surface area contributed by atoms with Gasteiger partial charge in [0.05, 0.1) is 25.7 Å². The molecule has 5 heteroatoms. The first-order chi connectivity index (χ1) is 7.57. The van der Waals surface area contributed by atoms with Gasteiger partial charge in [0.1, 0.15) is 0 Å². The predicted octanol–water partition coefficient (Wildman–Crippen LogP) is 0.686. The fraction of sp³-hybridized carbons (Fsp3) is 0.909. The lowest BCUT2D eigenvalue weighted by Gasteiger charge is -2.26. The van der Waals surface area contributed by atoms with E-state index in [4.69, 9.17) is 20.6 Å². The van der Waals surface area contributed by atoms with Crippen molar-refractivity contribution in [2.45, 2.75) is 26.3 Å². The van der Waals surface area contributed by atoms with E-state index < -0.39 is 0 Å². The van der Waals surface area contributed by atoms with Crippen LogP contribution in [0.5, 0.6) is 0 Å². The van der Waals surface area contributed by atoms with Gasteiger partial charge in [-0.1, -0.05) is 0 Å². The van der Waals surface area contributed by atoms with Crippen LogP contribution in [0, 0.1) is 5.41 Å². The molecule has 0 aliphatic carbocycles. The van der Waals surface area contributed by atoms with E-state index in [1.54, 1.807) is 7.11 Å². The van der Waals surface area contributed by atoms with E-state index in [0.29, 0.717) is 32.3 Å². The summed E-state index contributed by atoms with van der Waals surface area (Å²) in [6, 6.07) is 0.449. The summed E-state index contributed by atoms with van der Waals surface area (Å²) < 4.78 is 10.3. The molecule has 0 aliphatic rings. The van der Waals surface area contributed by atoms with Gasteiger partial charge in [-0.15, -0.1) is 0 Å². The molecule has 0 bridgehead atoms. The average Bonchev–Trinajstić information content (AvgIpc) is 2.21. The third-order valence-electron chi connectivity index (χ3n) is 2.35. The highest BCUT2D eigenvalue weighted by Gasteiger charge is 2.09. The van der Waals surface area contributed by atoms with Gasteiger partial charge in [0, 0.05) is 32.7 Å². The predicted molar refractivity (Wildman–Crippen MR) is 65.9 cm³/mol. The van der Waals surface area contributed by atoms with Crippen LogP contribution in [-0.2, 0) is 9.47 Å². The van der Waals surface area contributed by atoms with E-state index in [0.717, 1.165) is 13.1 Å². The van der Waals surface area contributed by atoms with Crippen LogP contribution in [-0.4, -0.2) is 56.8 Å². The highest BCUT2D eigenvalue weighted by Crippen LogP contribution is 1.99. The van der Waals surface area contributed by atoms with Crippen LogP contribution in [0.15, 0.2) is 0 Å². The average molecular weight is 231 g/mol. The van der Waals surface area contributed by atoms with E-state index >= 15 is 0 Å². The second-order valence-corrected chi connectivity index (χ2v) is 4.01. The standard InChI is InChI=1S/C11H25N3O2/c1-10(2)14(5-4-11(12)13)6-7-16-9-8-15-3/h10H,4-9H2,1-3H3,(H3,12,13). The van der Waals surface area contributed by atoms with E-state index in [1.165, 1.54) is 0 Å². The molecule has 0 aromatic heterocycles. The first kappa shape index (κ1) is 15.3. The number of hydrogen-bond donors (Lipinski definition) is 2. The summed E-state index contributed by atoms with van der Waals surface area (Å²) in [5.74, 6) is 0.242. The molecule has 16 heavy (non-hydrogen) atoms. The summed E-state index contributed by atoms with van der Waals surface area (Å²) in [6.07, 6.45) is 0.621. The third kappa shape index (κ3) is 8.64. The van der Waals surface area contributed by atoms with Gasteiger partial charge in [0.2, 0.25) is 0 Å². The maximum atomic E-state index is 7.20. The number of ether oxygens (including phenoxy) is 2. The van der Waals surface area contributed by atoms with Crippen LogP contribution >= 0.6 is 0 Å². The lowest BCUT2D eigenvalue weighted by Crippen LogP contribution is -2.36. The van der Waals surface area contributed by atoms with Crippen LogP contribution in [0.25, 0.3) is 0 Å². The summed E-state index contributed by atoms with van der Waals surface area (Å²) in [5, 5.41) is 7.20. The number of hydrogen-bond acceptors (Lipinski definition) is 4. The normalized spacial score (nSPS) is 11.3. The molecule has 0 aliphatic heterocycles. The number of nitrogens with zero attached hydrogens (tertiary/aromatic N) is 1.